The van der Waals surface area contributed by atoms with Crippen LogP contribution in [-0.2, 0) is 4.79 Å². The van der Waals surface area contributed by atoms with Gasteiger partial charge in [0.1, 0.15) is 6.04 Å². The Labute approximate surface area is 92.7 Å². The number of urea groups is 1. The van der Waals surface area contributed by atoms with Gasteiger partial charge in [0.2, 0.25) is 0 Å². The monoisotopic (exact) mass is 220 g/mol. The van der Waals surface area contributed by atoms with Gasteiger partial charge in [0.05, 0.1) is 6.61 Å². The van der Waals surface area contributed by atoms with E-state index in [4.69, 9.17) is 5.11 Å². The third-order valence-corrected chi connectivity index (χ3v) is 2.51. The van der Waals surface area contributed by atoms with Crippen molar-refractivity contribution in [2.45, 2.75) is 6.04 Å². The number of nitrogens with zero attached hydrogens (tertiary/aromatic N) is 1. The number of hydrogen-bond donors (Lipinski definition) is 2. The molecule has 1 heterocycles. The van der Waals surface area contributed by atoms with Gasteiger partial charge in [0, 0.05) is 6.54 Å². The molecule has 2 rings (SSSR count). The molecular formula is C11H12N2O3. The standard InChI is InChI=1S/C11H12N2O3/c14-7-6-13-9(10(15)12-11(13)16)8-4-2-1-3-5-8/h1-5,9,14H,6-7H2,(H,12,15,16). The van der Waals surface area contributed by atoms with E-state index in [1.54, 1.807) is 12.1 Å². The second kappa shape index (κ2) is 4.32. The molecule has 0 aliphatic carbocycles. The van der Waals surface area contributed by atoms with Gasteiger partial charge in [-0.1, -0.05) is 30.3 Å². The first-order valence-electron chi connectivity index (χ1n) is 5.01. The highest BCUT2D eigenvalue weighted by atomic mass is 16.3. The van der Waals surface area contributed by atoms with Gasteiger partial charge in [0.25, 0.3) is 5.91 Å². The Balaban J connectivity index is 2.30. The first kappa shape index (κ1) is 10.6. The zero-order valence-electron chi connectivity index (χ0n) is 8.59. The SMILES string of the molecule is O=C1NC(=O)N(CCO)C1c1ccccc1. The van der Waals surface area contributed by atoms with E-state index in [2.05, 4.69) is 5.32 Å². The van der Waals surface area contributed by atoms with Gasteiger partial charge in [-0.15, -0.1) is 0 Å². The molecule has 1 atom stereocenters. The lowest BCUT2D eigenvalue weighted by molar-refractivity contribution is -0.121. The molecule has 5 nitrogen and oxygen atoms in total. The molecule has 0 saturated carbocycles. The average Bonchev–Trinajstić information content (AvgIpc) is 2.56. The average molecular weight is 220 g/mol. The van der Waals surface area contributed by atoms with Crippen LogP contribution >= 0.6 is 0 Å². The number of imide groups is 1. The van der Waals surface area contributed by atoms with Crippen LogP contribution in [0.2, 0.25) is 0 Å². The van der Waals surface area contributed by atoms with Gasteiger partial charge < -0.3 is 10.0 Å². The van der Waals surface area contributed by atoms with Crippen molar-refractivity contribution in [1.29, 1.82) is 0 Å². The number of hydrogen-bond acceptors (Lipinski definition) is 3. The molecule has 1 unspecified atom stereocenters. The lowest BCUT2D eigenvalue weighted by Crippen LogP contribution is -2.32. The van der Waals surface area contributed by atoms with Crippen molar-refractivity contribution in [3.8, 4) is 0 Å². The zero-order chi connectivity index (χ0) is 11.5. The van der Waals surface area contributed by atoms with E-state index >= 15 is 0 Å². The highest BCUT2D eigenvalue weighted by Crippen LogP contribution is 2.24. The maximum atomic E-state index is 11.6. The molecule has 1 aromatic rings. The van der Waals surface area contributed by atoms with Crippen LogP contribution in [0.3, 0.4) is 0 Å². The van der Waals surface area contributed by atoms with E-state index in [-0.39, 0.29) is 19.1 Å². The summed E-state index contributed by atoms with van der Waals surface area (Å²) in [5, 5.41) is 11.1. The quantitative estimate of drug-likeness (QED) is 0.718. The molecule has 1 aromatic carbocycles. The molecule has 1 aliphatic rings. The van der Waals surface area contributed by atoms with Crippen molar-refractivity contribution in [3.05, 3.63) is 35.9 Å². The Morgan fingerprint density at radius 2 is 1.94 bits per heavy atom. The lowest BCUT2D eigenvalue weighted by Gasteiger charge is -2.20. The number of aliphatic hydroxyl groups is 1. The number of carbonyl (C=O) groups is 2. The van der Waals surface area contributed by atoms with Crippen LogP contribution in [0.1, 0.15) is 11.6 Å². The third kappa shape index (κ3) is 1.77. The fourth-order valence-corrected chi connectivity index (χ4v) is 1.81. The summed E-state index contributed by atoms with van der Waals surface area (Å²) in [5.74, 6) is -0.343. The van der Waals surface area contributed by atoms with Crippen LogP contribution in [0.25, 0.3) is 0 Å². The molecule has 2 N–H and O–H groups in total. The summed E-state index contributed by atoms with van der Waals surface area (Å²) < 4.78 is 0. The predicted molar refractivity (Wildman–Crippen MR) is 56.5 cm³/mol. The Morgan fingerprint density at radius 3 is 2.56 bits per heavy atom. The van der Waals surface area contributed by atoms with Crippen molar-refractivity contribution >= 4 is 11.9 Å². The highest BCUT2D eigenvalue weighted by molar-refractivity contribution is 6.04. The first-order chi connectivity index (χ1) is 7.74. The normalized spacial score (nSPS) is 20.1. The second-order valence-corrected chi connectivity index (χ2v) is 3.52. The molecule has 0 radical (unpaired) electrons. The van der Waals surface area contributed by atoms with E-state index in [0.29, 0.717) is 0 Å². The Hall–Kier alpha value is -1.88. The summed E-state index contributed by atoms with van der Waals surface area (Å²) in [4.78, 5) is 24.4. The largest absolute Gasteiger partial charge is 0.395 e. The highest BCUT2D eigenvalue weighted by Gasteiger charge is 2.38. The first-order valence-corrected chi connectivity index (χ1v) is 5.01. The summed E-state index contributed by atoms with van der Waals surface area (Å²) >= 11 is 0. The number of carbonyl (C=O) groups excluding carboxylic acids is 2. The molecule has 3 amide bonds. The maximum Gasteiger partial charge on any atom is 0.325 e. The molecule has 1 saturated heterocycles. The van der Waals surface area contributed by atoms with E-state index < -0.39 is 12.1 Å². The van der Waals surface area contributed by atoms with E-state index in [1.165, 1.54) is 4.90 Å². The number of amides is 3. The minimum Gasteiger partial charge on any atom is -0.395 e. The van der Waals surface area contributed by atoms with Crippen LogP contribution in [0.15, 0.2) is 30.3 Å². The summed E-state index contributed by atoms with van der Waals surface area (Å²) in [6, 6.07) is 7.95. The van der Waals surface area contributed by atoms with E-state index in [0.717, 1.165) is 5.56 Å². The van der Waals surface area contributed by atoms with Crippen molar-refractivity contribution in [2.75, 3.05) is 13.2 Å². The molecule has 0 bridgehead atoms. The number of rotatable bonds is 3. The van der Waals surface area contributed by atoms with Crippen molar-refractivity contribution in [2.24, 2.45) is 0 Å². The molecular weight excluding hydrogens is 208 g/mol. The van der Waals surface area contributed by atoms with Gasteiger partial charge >= 0.3 is 6.03 Å². The predicted octanol–water partition coefficient (Wildman–Crippen LogP) is 0.272. The van der Waals surface area contributed by atoms with Crippen molar-refractivity contribution < 1.29 is 14.7 Å². The van der Waals surface area contributed by atoms with Gasteiger partial charge in [-0.05, 0) is 5.56 Å². The Bertz CT molecular complexity index is 405. The van der Waals surface area contributed by atoms with Crippen molar-refractivity contribution in [1.82, 2.24) is 10.2 Å². The minimum atomic E-state index is -0.624. The van der Waals surface area contributed by atoms with Crippen LogP contribution in [0, 0.1) is 0 Å². The van der Waals surface area contributed by atoms with Crippen LogP contribution < -0.4 is 5.32 Å². The number of nitrogens with one attached hydrogen (secondary N) is 1. The van der Waals surface area contributed by atoms with E-state index in [9.17, 15) is 9.59 Å². The fourth-order valence-electron chi connectivity index (χ4n) is 1.81. The molecule has 0 aromatic heterocycles. The summed E-state index contributed by atoms with van der Waals surface area (Å²) in [5.41, 5.74) is 0.749. The molecule has 1 fully saturated rings. The third-order valence-electron chi connectivity index (χ3n) is 2.51. The smallest absolute Gasteiger partial charge is 0.325 e. The van der Waals surface area contributed by atoms with Gasteiger partial charge in [-0.2, -0.15) is 0 Å². The fraction of sp³-hybridized carbons (Fsp3) is 0.273. The second-order valence-electron chi connectivity index (χ2n) is 3.52. The van der Waals surface area contributed by atoms with Gasteiger partial charge in [-0.3, -0.25) is 10.1 Å². The molecule has 5 heteroatoms. The van der Waals surface area contributed by atoms with Crippen molar-refractivity contribution in [3.63, 3.8) is 0 Å². The molecule has 1 aliphatic heterocycles. The summed E-state index contributed by atoms with van der Waals surface area (Å²) in [7, 11) is 0. The molecule has 84 valence electrons. The van der Waals surface area contributed by atoms with Crippen LogP contribution in [0.5, 0.6) is 0 Å². The number of β-amino-alcohol motifs (C(OH)–C–C–N with tert-alkyl or cyclic N) is 1. The Morgan fingerprint density at radius 1 is 1.25 bits per heavy atom. The lowest BCUT2D eigenvalue weighted by atomic mass is 10.1. The summed E-state index contributed by atoms with van der Waals surface area (Å²) in [6.45, 7) is -0.0127. The Kier molecular flexibility index (Phi) is 2.87. The molecule has 16 heavy (non-hydrogen) atoms. The molecule has 0 spiro atoms. The maximum absolute atomic E-state index is 11.6. The number of benzene rings is 1. The van der Waals surface area contributed by atoms with Gasteiger partial charge in [-0.25, -0.2) is 4.79 Å². The van der Waals surface area contributed by atoms with E-state index in [1.807, 2.05) is 18.2 Å². The van der Waals surface area contributed by atoms with Crippen LogP contribution in [0.4, 0.5) is 4.79 Å². The van der Waals surface area contributed by atoms with Crippen LogP contribution in [-0.4, -0.2) is 35.1 Å². The van der Waals surface area contributed by atoms with Gasteiger partial charge in [0.15, 0.2) is 0 Å². The zero-order valence-corrected chi connectivity index (χ0v) is 8.59. The minimum absolute atomic E-state index is 0.150. The topological polar surface area (TPSA) is 69.6 Å². The summed E-state index contributed by atoms with van der Waals surface area (Å²) in [6.07, 6.45) is 0. The number of aliphatic hydroxyl groups excluding tert-OH is 1.